The monoisotopic (exact) mass is 510 g/mol. The van der Waals surface area contributed by atoms with Gasteiger partial charge < -0.3 is 15.4 Å². The first kappa shape index (κ1) is 23.9. The lowest BCUT2D eigenvalue weighted by molar-refractivity contribution is 0.227. The van der Waals surface area contributed by atoms with E-state index in [0.29, 0.717) is 49.9 Å². The molecule has 0 radical (unpaired) electrons. The molecule has 9 heteroatoms. The van der Waals surface area contributed by atoms with E-state index in [-0.39, 0.29) is 0 Å². The van der Waals surface area contributed by atoms with E-state index in [4.69, 9.17) is 39.1 Å². The van der Waals surface area contributed by atoms with Crippen LogP contribution in [0, 0.1) is 5.41 Å². The number of nitrogens with zero attached hydrogens (tertiary/aromatic N) is 4. The van der Waals surface area contributed by atoms with Gasteiger partial charge in [0.2, 0.25) is 0 Å². The van der Waals surface area contributed by atoms with Gasteiger partial charge in [0.15, 0.2) is 0 Å². The molecule has 2 saturated heterocycles. The predicted molar refractivity (Wildman–Crippen MR) is 141 cm³/mol. The molecule has 2 atom stereocenters. The fourth-order valence-corrected chi connectivity index (χ4v) is 5.65. The summed E-state index contributed by atoms with van der Waals surface area (Å²) in [5.41, 5.74) is 8.96. The molecule has 1 aromatic carbocycles. The first-order chi connectivity index (χ1) is 16.9. The van der Waals surface area contributed by atoms with Crippen LogP contribution >= 0.6 is 23.2 Å². The lowest BCUT2D eigenvalue weighted by atomic mass is 10.0. The van der Waals surface area contributed by atoms with Gasteiger partial charge in [-0.1, -0.05) is 23.2 Å². The molecule has 4 heterocycles. The number of hydrogen-bond acceptors (Lipinski definition) is 7. The highest BCUT2D eigenvalue weighted by Crippen LogP contribution is 2.33. The van der Waals surface area contributed by atoms with Crippen molar-refractivity contribution in [1.82, 2.24) is 14.9 Å². The summed E-state index contributed by atoms with van der Waals surface area (Å²) in [6.45, 7) is 6.16. The third-order valence-corrected chi connectivity index (χ3v) is 7.45. The van der Waals surface area contributed by atoms with Crippen molar-refractivity contribution in [2.75, 3.05) is 36.8 Å². The fourth-order valence-electron chi connectivity index (χ4n) is 4.97. The number of halogens is 2. The number of fused-ring (bicyclic) bond motifs is 1. The van der Waals surface area contributed by atoms with Crippen molar-refractivity contribution in [3.05, 3.63) is 75.7 Å². The van der Waals surface area contributed by atoms with Crippen LogP contribution in [0.25, 0.3) is 0 Å². The van der Waals surface area contributed by atoms with Crippen molar-refractivity contribution in [2.24, 2.45) is 0 Å². The molecule has 7 nitrogen and oxygen atoms in total. The molecule has 2 aliphatic rings. The molecule has 2 aromatic heterocycles. The van der Waals surface area contributed by atoms with Gasteiger partial charge in [0.1, 0.15) is 17.7 Å². The third kappa shape index (κ3) is 4.94. The third-order valence-electron chi connectivity index (χ3n) is 6.85. The number of rotatable bonds is 6. The van der Waals surface area contributed by atoms with Crippen LogP contribution in [-0.2, 0) is 0 Å². The van der Waals surface area contributed by atoms with Gasteiger partial charge in [-0.2, -0.15) is 0 Å². The summed E-state index contributed by atoms with van der Waals surface area (Å²) in [6.07, 6.45) is 6.96. The fraction of sp³-hybridized carbons (Fsp3) is 0.346. The van der Waals surface area contributed by atoms with Crippen LogP contribution in [0.1, 0.15) is 42.6 Å². The van der Waals surface area contributed by atoms with Crippen LogP contribution in [-0.4, -0.2) is 52.8 Å². The highest BCUT2D eigenvalue weighted by atomic mass is 35.5. The van der Waals surface area contributed by atoms with Crippen molar-refractivity contribution in [1.29, 1.82) is 5.41 Å². The Bertz CT molecular complexity index is 1210. The summed E-state index contributed by atoms with van der Waals surface area (Å²) in [5, 5.41) is 9.67. The lowest BCUT2D eigenvalue weighted by Crippen LogP contribution is -2.50. The molecule has 2 aliphatic heterocycles. The summed E-state index contributed by atoms with van der Waals surface area (Å²) < 4.78 is 6.10. The number of nitrogens with one attached hydrogen (secondary N) is 1. The van der Waals surface area contributed by atoms with E-state index in [1.807, 2.05) is 19.1 Å². The first-order valence-electron chi connectivity index (χ1n) is 11.8. The molecule has 35 heavy (non-hydrogen) atoms. The quantitative estimate of drug-likeness (QED) is 0.349. The summed E-state index contributed by atoms with van der Waals surface area (Å²) in [6, 6.07) is 9.86. The minimum atomic E-state index is -0.412. The molecule has 182 valence electrons. The minimum absolute atomic E-state index is 0.292. The van der Waals surface area contributed by atoms with E-state index in [0.717, 1.165) is 25.5 Å². The maximum Gasteiger partial charge on any atom is 0.128 e. The van der Waals surface area contributed by atoms with E-state index in [2.05, 4.69) is 19.8 Å². The molecular formula is C26H28Cl2N6O. The van der Waals surface area contributed by atoms with Gasteiger partial charge in [-0.05, 0) is 56.6 Å². The molecule has 0 aliphatic carbocycles. The zero-order valence-electron chi connectivity index (χ0n) is 19.5. The Morgan fingerprint density at radius 3 is 2.66 bits per heavy atom. The van der Waals surface area contributed by atoms with Gasteiger partial charge >= 0.3 is 0 Å². The number of nitrogen functional groups attached to an aromatic ring is 1. The second-order valence-electron chi connectivity index (χ2n) is 9.08. The number of anilines is 2. The molecule has 0 unspecified atom stereocenters. The maximum absolute atomic E-state index is 8.79. The summed E-state index contributed by atoms with van der Waals surface area (Å²) in [7, 11) is 0. The van der Waals surface area contributed by atoms with Crippen molar-refractivity contribution in [2.45, 2.75) is 31.9 Å². The number of ether oxygens (including phenoxy) is 1. The highest BCUT2D eigenvalue weighted by molar-refractivity contribution is 6.35. The van der Waals surface area contributed by atoms with E-state index in [1.165, 1.54) is 31.8 Å². The van der Waals surface area contributed by atoms with Crippen molar-refractivity contribution in [3.8, 4) is 5.75 Å². The van der Waals surface area contributed by atoms with Crippen LogP contribution in [0.2, 0.25) is 10.0 Å². The summed E-state index contributed by atoms with van der Waals surface area (Å²) in [5.74, 6) is 1.52. The number of benzene rings is 1. The van der Waals surface area contributed by atoms with E-state index in [1.54, 1.807) is 24.4 Å². The number of aromatic nitrogens is 2. The molecule has 3 aromatic rings. The van der Waals surface area contributed by atoms with Gasteiger partial charge in [0, 0.05) is 66.6 Å². The van der Waals surface area contributed by atoms with Crippen LogP contribution in [0.4, 0.5) is 11.5 Å². The van der Waals surface area contributed by atoms with E-state index in [9.17, 15) is 0 Å². The van der Waals surface area contributed by atoms with Gasteiger partial charge in [-0.25, -0.2) is 4.98 Å². The number of nitrogens with two attached hydrogens (primary N) is 1. The van der Waals surface area contributed by atoms with Crippen LogP contribution in [0.3, 0.4) is 0 Å². The molecule has 5 rings (SSSR count). The zero-order chi connectivity index (χ0) is 24.5. The SMILES string of the molecule is C[C@@H](Oc1ccc(N)c(C(=N)c2ccc(N3CCN4CCC[C@H]4C3)nc2)c1)c1c(Cl)cncc1Cl. The highest BCUT2D eigenvalue weighted by Gasteiger charge is 2.31. The Kier molecular flexibility index (Phi) is 6.82. The second kappa shape index (κ2) is 10.0. The van der Waals surface area contributed by atoms with Crippen LogP contribution in [0.5, 0.6) is 5.75 Å². The average Bonchev–Trinajstić information content (AvgIpc) is 3.33. The Hall–Kier alpha value is -2.87. The number of hydrogen-bond donors (Lipinski definition) is 2. The lowest BCUT2D eigenvalue weighted by Gasteiger charge is -2.38. The number of pyridine rings is 2. The molecule has 0 amide bonds. The number of piperazine rings is 1. The van der Waals surface area contributed by atoms with Gasteiger partial charge in [0.05, 0.1) is 15.8 Å². The topological polar surface area (TPSA) is 91.4 Å². The molecule has 0 bridgehead atoms. The average molecular weight is 511 g/mol. The molecular weight excluding hydrogens is 483 g/mol. The second-order valence-corrected chi connectivity index (χ2v) is 9.90. The van der Waals surface area contributed by atoms with Gasteiger partial charge in [-0.3, -0.25) is 15.3 Å². The Morgan fingerprint density at radius 2 is 1.91 bits per heavy atom. The first-order valence-corrected chi connectivity index (χ1v) is 12.6. The van der Waals surface area contributed by atoms with Gasteiger partial charge in [-0.15, -0.1) is 0 Å². The smallest absolute Gasteiger partial charge is 0.128 e. The van der Waals surface area contributed by atoms with Crippen molar-refractivity contribution in [3.63, 3.8) is 0 Å². The minimum Gasteiger partial charge on any atom is -0.486 e. The summed E-state index contributed by atoms with van der Waals surface area (Å²) >= 11 is 12.6. The largest absolute Gasteiger partial charge is 0.486 e. The molecule has 0 spiro atoms. The molecule has 2 fully saturated rings. The van der Waals surface area contributed by atoms with Crippen molar-refractivity contribution < 1.29 is 4.74 Å². The molecule has 3 N–H and O–H groups in total. The normalized spacial score (nSPS) is 18.8. The van der Waals surface area contributed by atoms with Gasteiger partial charge in [0.25, 0.3) is 0 Å². The van der Waals surface area contributed by atoms with E-state index < -0.39 is 6.10 Å². The van der Waals surface area contributed by atoms with Crippen LogP contribution < -0.4 is 15.4 Å². The summed E-state index contributed by atoms with van der Waals surface area (Å²) in [4.78, 5) is 13.6. The Morgan fingerprint density at radius 1 is 1.11 bits per heavy atom. The van der Waals surface area contributed by atoms with E-state index >= 15 is 0 Å². The molecule has 0 saturated carbocycles. The zero-order valence-corrected chi connectivity index (χ0v) is 21.1. The Balaban J connectivity index is 1.31. The standard InChI is InChI=1S/C26H28Cl2N6O/c1-16(25-21(27)13-31-14-22(25)28)35-19-5-6-23(29)20(11-19)26(30)17-4-7-24(32-12-17)34-10-9-33-8-2-3-18(33)15-34/h4-7,11-14,16,18,30H,2-3,8-10,15,29H2,1H3/t16-,18+/m1/s1. The maximum atomic E-state index is 8.79. The van der Waals surface area contributed by atoms with Crippen molar-refractivity contribution >= 4 is 40.4 Å². The predicted octanol–water partition coefficient (Wildman–Crippen LogP) is 5.21. The van der Waals surface area contributed by atoms with Crippen LogP contribution in [0.15, 0.2) is 48.9 Å². The Labute approximate surface area is 215 Å².